The number of carbonyl (C=O) groups is 2. The Bertz CT molecular complexity index is 724. The number of hydrogen-bond acceptors (Lipinski definition) is 5. The maximum atomic E-state index is 12.9. The van der Waals surface area contributed by atoms with Crippen molar-refractivity contribution in [2.24, 2.45) is 0 Å². The van der Waals surface area contributed by atoms with Gasteiger partial charge in [-0.1, -0.05) is 42.6 Å². The van der Waals surface area contributed by atoms with Crippen LogP contribution in [0.4, 0.5) is 0 Å². The van der Waals surface area contributed by atoms with Crippen LogP contribution in [0, 0.1) is 0 Å². The predicted molar refractivity (Wildman–Crippen MR) is 110 cm³/mol. The predicted octanol–water partition coefficient (Wildman–Crippen LogP) is 4.01. The second kappa shape index (κ2) is 11.1. The minimum absolute atomic E-state index is 0.0947. The fourth-order valence-corrected chi connectivity index (χ4v) is 4.02. The van der Waals surface area contributed by atoms with Crippen LogP contribution in [0.2, 0.25) is 10.0 Å². The van der Waals surface area contributed by atoms with Crippen LogP contribution in [0.25, 0.3) is 5.57 Å². The van der Waals surface area contributed by atoms with Gasteiger partial charge < -0.3 is 9.84 Å². The molecular weight excluding hydrogens is 409 g/mol. The van der Waals surface area contributed by atoms with Gasteiger partial charge >= 0.3 is 0 Å². The quantitative estimate of drug-likeness (QED) is 0.423. The van der Waals surface area contributed by atoms with E-state index in [-0.39, 0.29) is 30.5 Å². The second-order valence-corrected chi connectivity index (χ2v) is 7.93. The van der Waals surface area contributed by atoms with Crippen molar-refractivity contribution in [3.63, 3.8) is 0 Å². The van der Waals surface area contributed by atoms with E-state index in [0.29, 0.717) is 45.9 Å². The molecular formula is C19H23Cl2NO4S. The molecule has 27 heavy (non-hydrogen) atoms. The highest BCUT2D eigenvalue weighted by Crippen LogP contribution is 2.39. The smallest absolute Gasteiger partial charge is 0.267 e. The summed E-state index contributed by atoms with van der Waals surface area (Å²) in [6.45, 7) is 3.45. The Balaban J connectivity index is 2.17. The molecule has 0 unspecified atom stereocenters. The number of nitrogens with zero attached hydrogens (tertiary/aromatic N) is 1. The van der Waals surface area contributed by atoms with Crippen molar-refractivity contribution in [3.8, 4) is 0 Å². The van der Waals surface area contributed by atoms with Crippen molar-refractivity contribution in [1.29, 1.82) is 0 Å². The van der Waals surface area contributed by atoms with Gasteiger partial charge in [-0.05, 0) is 25.0 Å². The molecule has 2 rings (SSSR count). The Morgan fingerprint density at radius 1 is 1.15 bits per heavy atom. The van der Waals surface area contributed by atoms with E-state index in [1.807, 2.05) is 0 Å². The second-order valence-electron chi connectivity index (χ2n) is 5.98. The summed E-state index contributed by atoms with van der Waals surface area (Å²) in [6, 6.07) is 4.82. The van der Waals surface area contributed by atoms with Crippen LogP contribution in [-0.4, -0.2) is 53.9 Å². The highest BCUT2D eigenvalue weighted by molar-refractivity contribution is 8.04. The van der Waals surface area contributed by atoms with Crippen molar-refractivity contribution in [2.75, 3.05) is 32.1 Å². The van der Waals surface area contributed by atoms with Gasteiger partial charge in [-0.3, -0.25) is 14.5 Å². The number of hydrogen-bond donors (Lipinski definition) is 1. The van der Waals surface area contributed by atoms with Gasteiger partial charge in [0.1, 0.15) is 0 Å². The van der Waals surface area contributed by atoms with E-state index in [4.69, 9.17) is 33.0 Å². The van der Waals surface area contributed by atoms with Gasteiger partial charge in [-0.15, -0.1) is 11.8 Å². The fraction of sp³-hybridized carbons (Fsp3) is 0.474. The van der Waals surface area contributed by atoms with Crippen LogP contribution >= 0.6 is 35.0 Å². The first kappa shape index (κ1) is 22.2. The Kier molecular flexibility index (Phi) is 9.12. The Hall–Kier alpha value is -1.05. The Morgan fingerprint density at radius 2 is 1.89 bits per heavy atom. The van der Waals surface area contributed by atoms with Gasteiger partial charge in [0.2, 0.25) is 0 Å². The molecule has 5 nitrogen and oxygen atoms in total. The lowest BCUT2D eigenvalue weighted by Crippen LogP contribution is -2.33. The lowest BCUT2D eigenvalue weighted by atomic mass is 10.1. The summed E-state index contributed by atoms with van der Waals surface area (Å²) in [6.07, 6.45) is 2.62. The van der Waals surface area contributed by atoms with Gasteiger partial charge in [0.15, 0.2) is 0 Å². The summed E-state index contributed by atoms with van der Waals surface area (Å²) in [5, 5.41) is 9.88. The van der Waals surface area contributed by atoms with Crippen molar-refractivity contribution in [3.05, 3.63) is 38.7 Å². The van der Waals surface area contributed by atoms with Gasteiger partial charge in [0.25, 0.3) is 11.8 Å². The normalized spacial score (nSPS) is 14.6. The molecule has 2 amide bonds. The third kappa shape index (κ3) is 5.72. The molecule has 0 bridgehead atoms. The first-order chi connectivity index (χ1) is 13.0. The van der Waals surface area contributed by atoms with E-state index in [9.17, 15) is 9.59 Å². The fourth-order valence-electron chi connectivity index (χ4n) is 2.64. The van der Waals surface area contributed by atoms with Crippen molar-refractivity contribution >= 4 is 52.4 Å². The number of ether oxygens (including phenoxy) is 1. The number of aliphatic hydroxyl groups excluding tert-OH is 1. The average Bonchev–Trinajstić information content (AvgIpc) is 2.87. The molecule has 0 atom stereocenters. The lowest BCUT2D eigenvalue weighted by molar-refractivity contribution is -0.136. The maximum Gasteiger partial charge on any atom is 0.267 e. The summed E-state index contributed by atoms with van der Waals surface area (Å²) >= 11 is 13.4. The molecule has 0 saturated heterocycles. The zero-order valence-electron chi connectivity index (χ0n) is 15.2. The first-order valence-electron chi connectivity index (χ1n) is 8.88. The largest absolute Gasteiger partial charge is 0.396 e. The average molecular weight is 432 g/mol. The number of thioether (sulfide) groups is 1. The molecule has 0 fully saturated rings. The summed E-state index contributed by atoms with van der Waals surface area (Å²) in [5.74, 6) is -0.414. The van der Waals surface area contributed by atoms with Crippen molar-refractivity contribution in [1.82, 2.24) is 4.90 Å². The minimum Gasteiger partial charge on any atom is -0.396 e. The number of rotatable bonds is 11. The zero-order valence-corrected chi connectivity index (χ0v) is 17.5. The van der Waals surface area contributed by atoms with Gasteiger partial charge in [-0.2, -0.15) is 0 Å². The van der Waals surface area contributed by atoms with Crippen molar-refractivity contribution < 1.29 is 19.4 Å². The number of halogens is 2. The Labute approximate surface area is 173 Å². The standard InChI is InChI=1S/C19H23Cl2NO4S/c1-2-3-9-26-10-4-7-22-18(24)16(17(19(22)25)27-11-8-23)14-6-5-13(20)12-15(14)21/h5-6,12,23H,2-4,7-11H2,1H3. The van der Waals surface area contributed by atoms with E-state index in [0.717, 1.165) is 24.6 Å². The molecule has 148 valence electrons. The Morgan fingerprint density at radius 3 is 2.56 bits per heavy atom. The maximum absolute atomic E-state index is 12.9. The number of aliphatic hydroxyl groups is 1. The monoisotopic (exact) mass is 431 g/mol. The molecule has 1 heterocycles. The molecule has 1 N–H and O–H groups in total. The van der Waals surface area contributed by atoms with Crippen LogP contribution in [0.3, 0.4) is 0 Å². The first-order valence-corrected chi connectivity index (χ1v) is 10.6. The van der Waals surface area contributed by atoms with Crippen LogP contribution in [0.1, 0.15) is 31.7 Å². The molecule has 8 heteroatoms. The molecule has 0 radical (unpaired) electrons. The van der Waals surface area contributed by atoms with Crippen LogP contribution < -0.4 is 0 Å². The molecule has 1 aliphatic heterocycles. The summed E-state index contributed by atoms with van der Waals surface area (Å²) < 4.78 is 5.50. The SMILES string of the molecule is CCCCOCCCN1C(=O)C(SCCO)=C(c2ccc(Cl)cc2Cl)C1=O. The van der Waals surface area contributed by atoms with Crippen LogP contribution in [-0.2, 0) is 14.3 Å². The van der Waals surface area contributed by atoms with Crippen LogP contribution in [0.5, 0.6) is 0 Å². The lowest BCUT2D eigenvalue weighted by Gasteiger charge is -2.15. The topological polar surface area (TPSA) is 66.8 Å². The van der Waals surface area contributed by atoms with Gasteiger partial charge in [-0.25, -0.2) is 0 Å². The van der Waals surface area contributed by atoms with Crippen LogP contribution in [0.15, 0.2) is 23.1 Å². The highest BCUT2D eigenvalue weighted by Gasteiger charge is 2.39. The third-order valence-electron chi connectivity index (χ3n) is 3.98. The summed E-state index contributed by atoms with van der Waals surface area (Å²) in [5.41, 5.74) is 0.744. The van der Waals surface area contributed by atoms with E-state index in [2.05, 4.69) is 6.92 Å². The molecule has 1 aliphatic rings. The summed E-state index contributed by atoms with van der Waals surface area (Å²) in [7, 11) is 0. The highest BCUT2D eigenvalue weighted by atomic mass is 35.5. The number of amides is 2. The summed E-state index contributed by atoms with van der Waals surface area (Å²) in [4.78, 5) is 27.3. The van der Waals surface area contributed by atoms with E-state index in [1.165, 1.54) is 4.90 Å². The molecule has 1 aromatic rings. The number of imide groups is 1. The van der Waals surface area contributed by atoms with E-state index < -0.39 is 0 Å². The molecule has 0 aliphatic carbocycles. The van der Waals surface area contributed by atoms with Crippen molar-refractivity contribution in [2.45, 2.75) is 26.2 Å². The molecule has 0 saturated carbocycles. The molecule has 0 aromatic heterocycles. The number of benzene rings is 1. The molecule has 0 spiro atoms. The van der Waals surface area contributed by atoms with E-state index in [1.54, 1.807) is 18.2 Å². The number of unbranched alkanes of at least 4 members (excludes halogenated alkanes) is 1. The zero-order chi connectivity index (χ0) is 19.8. The van der Waals surface area contributed by atoms with E-state index >= 15 is 0 Å². The number of carbonyl (C=O) groups excluding carboxylic acids is 2. The van der Waals surface area contributed by atoms with Gasteiger partial charge in [0.05, 0.1) is 22.1 Å². The molecule has 1 aromatic carbocycles. The van der Waals surface area contributed by atoms with Gasteiger partial charge in [0, 0.05) is 36.1 Å². The minimum atomic E-state index is -0.377. The third-order valence-corrected chi connectivity index (χ3v) is 5.58.